The number of fused-ring (bicyclic) bond motifs is 11. The normalized spacial score (nSPS) is 11.8. The maximum absolute atomic E-state index is 10.8. The molecule has 0 bridgehead atoms. The van der Waals surface area contributed by atoms with Crippen LogP contribution in [-0.4, -0.2) is 13.7 Å². The predicted molar refractivity (Wildman–Crippen MR) is 220 cm³/mol. The Balaban J connectivity index is 1.34. The van der Waals surface area contributed by atoms with Crippen molar-refractivity contribution in [2.75, 3.05) is 0 Å². The fourth-order valence-electron chi connectivity index (χ4n) is 8.75. The lowest BCUT2D eigenvalue weighted by Gasteiger charge is -2.14. The Morgan fingerprint density at radius 2 is 0.849 bits per heavy atom. The maximum Gasteiger partial charge on any atom is 0.102 e. The number of para-hydroxylation sites is 4. The Hall–Kier alpha value is -7.35. The fourth-order valence-corrected chi connectivity index (χ4v) is 8.75. The van der Waals surface area contributed by atoms with E-state index in [1.807, 2.05) is 24.3 Å². The Morgan fingerprint density at radius 1 is 0.358 bits per heavy atom. The standard InChI is InChI=1S/C49H30N4/c50-31-40-35(32-15-4-1-5-16-32)23-14-26-43(40)53-42-25-13-11-22-39(42)47-45(53)30-28-37-36-27-29-44-46(48(36)52(49(37)47)34-19-8-3-9-20-34)38-21-10-12-24-41(38)51(44)33-17-6-2-7-18-33/h1-30H. The van der Waals surface area contributed by atoms with Gasteiger partial charge in [-0.1, -0.05) is 127 Å². The number of hydrogen-bond donors (Lipinski definition) is 0. The monoisotopic (exact) mass is 674 g/mol. The van der Waals surface area contributed by atoms with Gasteiger partial charge in [-0.15, -0.1) is 0 Å². The van der Waals surface area contributed by atoms with E-state index in [-0.39, 0.29) is 0 Å². The molecule has 4 heteroatoms. The molecule has 0 aliphatic rings. The van der Waals surface area contributed by atoms with Crippen LogP contribution in [0.15, 0.2) is 182 Å². The summed E-state index contributed by atoms with van der Waals surface area (Å²) in [6.45, 7) is 0. The molecule has 0 saturated heterocycles. The molecule has 8 aromatic carbocycles. The molecule has 0 atom stereocenters. The minimum atomic E-state index is 0.653. The fraction of sp³-hybridized carbons (Fsp3) is 0. The van der Waals surface area contributed by atoms with E-state index in [2.05, 4.69) is 177 Å². The van der Waals surface area contributed by atoms with Crippen molar-refractivity contribution in [1.82, 2.24) is 13.7 Å². The number of hydrogen-bond acceptors (Lipinski definition) is 1. The number of benzene rings is 8. The molecule has 0 amide bonds. The topological polar surface area (TPSA) is 38.6 Å². The second-order valence-electron chi connectivity index (χ2n) is 13.6. The lowest BCUT2D eigenvalue weighted by Crippen LogP contribution is -1.99. The summed E-state index contributed by atoms with van der Waals surface area (Å²) in [7, 11) is 0. The van der Waals surface area contributed by atoms with E-state index < -0.39 is 0 Å². The average Bonchev–Trinajstić information content (AvgIpc) is 3.87. The highest BCUT2D eigenvalue weighted by Crippen LogP contribution is 2.46. The summed E-state index contributed by atoms with van der Waals surface area (Å²) < 4.78 is 7.17. The van der Waals surface area contributed by atoms with Gasteiger partial charge in [-0.2, -0.15) is 5.26 Å². The summed E-state index contributed by atoms with van der Waals surface area (Å²) in [6, 6.07) is 66.9. The third-order valence-corrected chi connectivity index (χ3v) is 10.9. The molecule has 0 aliphatic carbocycles. The molecule has 11 rings (SSSR count). The molecule has 3 heterocycles. The molecule has 0 radical (unpaired) electrons. The minimum absolute atomic E-state index is 0.653. The Morgan fingerprint density at radius 3 is 1.43 bits per heavy atom. The molecule has 0 fully saturated rings. The molecule has 0 N–H and O–H groups in total. The smallest absolute Gasteiger partial charge is 0.102 e. The maximum atomic E-state index is 10.8. The van der Waals surface area contributed by atoms with Gasteiger partial charge < -0.3 is 13.7 Å². The Labute approximate surface area is 305 Å². The van der Waals surface area contributed by atoms with Crippen molar-refractivity contribution in [2.24, 2.45) is 0 Å². The van der Waals surface area contributed by atoms with Crippen molar-refractivity contribution < 1.29 is 0 Å². The van der Waals surface area contributed by atoms with Crippen molar-refractivity contribution in [3.63, 3.8) is 0 Å². The van der Waals surface area contributed by atoms with E-state index in [1.54, 1.807) is 0 Å². The van der Waals surface area contributed by atoms with E-state index in [9.17, 15) is 5.26 Å². The number of aromatic nitrogens is 3. The summed E-state index contributed by atoms with van der Waals surface area (Å²) in [5.41, 5.74) is 12.5. The molecule has 53 heavy (non-hydrogen) atoms. The molecule has 0 spiro atoms. The Kier molecular flexibility index (Phi) is 6.28. The largest absolute Gasteiger partial charge is 0.309 e. The average molecular weight is 675 g/mol. The van der Waals surface area contributed by atoms with E-state index in [4.69, 9.17) is 0 Å². The van der Waals surface area contributed by atoms with Gasteiger partial charge in [-0.05, 0) is 60.2 Å². The lowest BCUT2D eigenvalue weighted by atomic mass is 9.98. The highest BCUT2D eigenvalue weighted by molar-refractivity contribution is 6.31. The van der Waals surface area contributed by atoms with Gasteiger partial charge in [-0.25, -0.2) is 0 Å². The quantitative estimate of drug-likeness (QED) is 0.183. The van der Waals surface area contributed by atoms with Crippen LogP contribution >= 0.6 is 0 Å². The van der Waals surface area contributed by atoms with Gasteiger partial charge in [0, 0.05) is 49.3 Å². The van der Waals surface area contributed by atoms with Crippen molar-refractivity contribution >= 4 is 65.4 Å². The van der Waals surface area contributed by atoms with Crippen molar-refractivity contribution in [3.8, 4) is 34.3 Å². The third kappa shape index (κ3) is 4.11. The molecule has 4 nitrogen and oxygen atoms in total. The van der Waals surface area contributed by atoms with Gasteiger partial charge in [0.25, 0.3) is 0 Å². The molecular weight excluding hydrogens is 645 g/mol. The van der Waals surface area contributed by atoms with Gasteiger partial charge in [0.2, 0.25) is 0 Å². The van der Waals surface area contributed by atoms with Crippen LogP contribution < -0.4 is 0 Å². The van der Waals surface area contributed by atoms with Crippen LogP contribution in [0.2, 0.25) is 0 Å². The van der Waals surface area contributed by atoms with Gasteiger partial charge in [0.15, 0.2) is 0 Å². The zero-order valence-electron chi connectivity index (χ0n) is 28.6. The summed E-state index contributed by atoms with van der Waals surface area (Å²) in [4.78, 5) is 0. The molecule has 0 unspecified atom stereocenters. The summed E-state index contributed by atoms with van der Waals surface area (Å²) >= 11 is 0. The third-order valence-electron chi connectivity index (χ3n) is 10.9. The van der Waals surface area contributed by atoms with Gasteiger partial charge >= 0.3 is 0 Å². The SMILES string of the molecule is N#Cc1c(-c2ccccc2)cccc1-n1c2ccccc2c2c1ccc1c3ccc4c(c5ccccc5n4-c4ccccc4)c3n(-c3ccccc3)c12. The van der Waals surface area contributed by atoms with Crippen molar-refractivity contribution in [2.45, 2.75) is 0 Å². The van der Waals surface area contributed by atoms with Crippen LogP contribution in [0, 0.1) is 11.3 Å². The van der Waals surface area contributed by atoms with E-state index in [1.165, 1.54) is 38.1 Å². The molecule has 3 aromatic heterocycles. The zero-order valence-corrected chi connectivity index (χ0v) is 28.6. The number of nitriles is 1. The molecule has 246 valence electrons. The van der Waals surface area contributed by atoms with Crippen LogP contribution in [0.1, 0.15) is 5.56 Å². The minimum Gasteiger partial charge on any atom is -0.309 e. The molecule has 11 aromatic rings. The van der Waals surface area contributed by atoms with Crippen LogP contribution in [0.4, 0.5) is 0 Å². The predicted octanol–water partition coefficient (Wildman–Crippen LogP) is 12.5. The summed E-state index contributed by atoms with van der Waals surface area (Å²) in [5, 5.41) is 17.9. The van der Waals surface area contributed by atoms with Crippen LogP contribution in [0.25, 0.3) is 93.6 Å². The van der Waals surface area contributed by atoms with Crippen LogP contribution in [0.3, 0.4) is 0 Å². The lowest BCUT2D eigenvalue weighted by molar-refractivity contribution is 1.16. The number of nitrogens with zero attached hydrogens (tertiary/aromatic N) is 4. The highest BCUT2D eigenvalue weighted by Gasteiger charge is 2.25. The first-order valence-electron chi connectivity index (χ1n) is 17.9. The summed E-state index contributed by atoms with van der Waals surface area (Å²) in [6.07, 6.45) is 0. The van der Waals surface area contributed by atoms with E-state index in [0.717, 1.165) is 55.5 Å². The first kappa shape index (κ1) is 29.4. The van der Waals surface area contributed by atoms with Crippen LogP contribution in [0.5, 0.6) is 0 Å². The van der Waals surface area contributed by atoms with Crippen molar-refractivity contribution in [1.29, 1.82) is 5.26 Å². The van der Waals surface area contributed by atoms with Crippen molar-refractivity contribution in [3.05, 3.63) is 188 Å². The first-order valence-corrected chi connectivity index (χ1v) is 17.9. The van der Waals surface area contributed by atoms with Gasteiger partial charge in [0.05, 0.1) is 44.4 Å². The molecular formula is C49H30N4. The van der Waals surface area contributed by atoms with Gasteiger partial charge in [0.1, 0.15) is 6.07 Å². The molecule has 0 saturated carbocycles. The Bertz CT molecular complexity index is 3270. The van der Waals surface area contributed by atoms with E-state index >= 15 is 0 Å². The van der Waals surface area contributed by atoms with Crippen LogP contribution in [-0.2, 0) is 0 Å². The summed E-state index contributed by atoms with van der Waals surface area (Å²) in [5.74, 6) is 0. The molecule has 0 aliphatic heterocycles. The highest BCUT2D eigenvalue weighted by atomic mass is 15.0. The first-order chi connectivity index (χ1) is 26.3. The van der Waals surface area contributed by atoms with Gasteiger partial charge in [-0.3, -0.25) is 0 Å². The zero-order chi connectivity index (χ0) is 35.0. The second kappa shape index (κ2) is 11.3. The number of rotatable bonds is 4. The van der Waals surface area contributed by atoms with E-state index in [0.29, 0.717) is 5.56 Å². The second-order valence-corrected chi connectivity index (χ2v) is 13.6.